The number of carbonyl (C=O) groups excluding carboxylic acids is 1. The van der Waals surface area contributed by atoms with E-state index in [9.17, 15) is 4.79 Å². The van der Waals surface area contributed by atoms with E-state index in [1.54, 1.807) is 0 Å². The second-order valence-corrected chi connectivity index (χ2v) is 7.57. The van der Waals surface area contributed by atoms with E-state index < -0.39 is 0 Å². The van der Waals surface area contributed by atoms with Crippen LogP contribution in [-0.2, 0) is 0 Å². The first-order valence-electron chi connectivity index (χ1n) is 8.50. The van der Waals surface area contributed by atoms with Gasteiger partial charge in [0.2, 0.25) is 5.16 Å². The molecule has 1 aromatic heterocycles. The van der Waals surface area contributed by atoms with Crippen LogP contribution in [-0.4, -0.2) is 25.8 Å². The van der Waals surface area contributed by atoms with Gasteiger partial charge >= 0.3 is 0 Å². The van der Waals surface area contributed by atoms with Gasteiger partial charge in [0.15, 0.2) is 5.78 Å². The van der Waals surface area contributed by atoms with Crippen molar-refractivity contribution < 1.29 is 4.79 Å². The van der Waals surface area contributed by atoms with Crippen molar-refractivity contribution in [3.05, 3.63) is 72.1 Å². The quantitative estimate of drug-likeness (QED) is 0.485. The third-order valence-corrected chi connectivity index (χ3v) is 5.22. The molecule has 2 aromatic carbocycles. The molecule has 1 atom stereocenters. The molecule has 4 rings (SSSR count). The minimum Gasteiger partial charge on any atom is -0.293 e. The molecule has 0 N–H and O–H groups in total. The van der Waals surface area contributed by atoms with Crippen molar-refractivity contribution in [2.75, 3.05) is 0 Å². The number of thioether (sulfide) groups is 1. The Morgan fingerprint density at radius 2 is 1.72 bits per heavy atom. The minimum absolute atomic E-state index is 0.106. The molecule has 0 unspecified atom stereocenters. The molecule has 5 heteroatoms. The summed E-state index contributed by atoms with van der Waals surface area (Å²) in [5.74, 6) is 1.60. The van der Waals surface area contributed by atoms with Crippen LogP contribution in [0.25, 0.3) is 5.69 Å². The van der Waals surface area contributed by atoms with Gasteiger partial charge < -0.3 is 0 Å². The zero-order valence-corrected chi connectivity index (χ0v) is 14.8. The molecule has 0 amide bonds. The Labute approximate surface area is 151 Å². The smallest absolute Gasteiger partial charge is 0.209 e. The Morgan fingerprint density at radius 3 is 2.36 bits per heavy atom. The summed E-state index contributed by atoms with van der Waals surface area (Å²) in [4.78, 5) is 17.3. The number of nitrogens with zero attached hydrogens (tertiary/aromatic N) is 3. The van der Waals surface area contributed by atoms with Crippen molar-refractivity contribution in [2.24, 2.45) is 0 Å². The summed E-state index contributed by atoms with van der Waals surface area (Å²) in [6, 6.07) is 19.5. The number of carbonyl (C=O) groups is 1. The maximum atomic E-state index is 12.6. The zero-order valence-electron chi connectivity index (χ0n) is 14.0. The monoisotopic (exact) mass is 349 g/mol. The number of benzene rings is 2. The van der Waals surface area contributed by atoms with E-state index in [-0.39, 0.29) is 11.0 Å². The SMILES string of the molecule is C[C@@H](Sc1nc(C2CC2)n(-c2ccccc2)n1)C(=O)c1ccccc1. The molecule has 0 saturated heterocycles. The third kappa shape index (κ3) is 3.51. The van der Waals surface area contributed by atoms with Crippen LogP contribution in [0.1, 0.15) is 41.9 Å². The van der Waals surface area contributed by atoms with Crippen LogP contribution in [0.2, 0.25) is 0 Å². The molecular weight excluding hydrogens is 330 g/mol. The summed E-state index contributed by atoms with van der Waals surface area (Å²) >= 11 is 1.43. The summed E-state index contributed by atoms with van der Waals surface area (Å²) in [7, 11) is 0. The Hall–Kier alpha value is -2.40. The van der Waals surface area contributed by atoms with Gasteiger partial charge in [-0.15, -0.1) is 5.10 Å². The fourth-order valence-electron chi connectivity index (χ4n) is 2.77. The molecule has 1 aliphatic rings. The molecule has 1 fully saturated rings. The number of aromatic nitrogens is 3. The van der Waals surface area contributed by atoms with E-state index in [2.05, 4.69) is 5.10 Å². The average molecular weight is 349 g/mol. The summed E-state index contributed by atoms with van der Waals surface area (Å²) in [5, 5.41) is 5.12. The van der Waals surface area contributed by atoms with Crippen molar-refractivity contribution in [2.45, 2.75) is 36.1 Å². The first-order chi connectivity index (χ1) is 12.2. The van der Waals surface area contributed by atoms with Crippen LogP contribution in [0.15, 0.2) is 65.8 Å². The van der Waals surface area contributed by atoms with Crippen LogP contribution in [0.5, 0.6) is 0 Å². The Balaban J connectivity index is 1.58. The van der Waals surface area contributed by atoms with Crippen LogP contribution in [0.3, 0.4) is 0 Å². The van der Waals surface area contributed by atoms with E-state index in [0.29, 0.717) is 11.1 Å². The number of hydrogen-bond donors (Lipinski definition) is 0. The van der Waals surface area contributed by atoms with Crippen molar-refractivity contribution in [1.82, 2.24) is 14.8 Å². The van der Waals surface area contributed by atoms with E-state index in [1.807, 2.05) is 72.3 Å². The molecule has 25 heavy (non-hydrogen) atoms. The zero-order chi connectivity index (χ0) is 17.2. The lowest BCUT2D eigenvalue weighted by atomic mass is 10.1. The highest BCUT2D eigenvalue weighted by molar-refractivity contribution is 8.00. The topological polar surface area (TPSA) is 47.8 Å². The Morgan fingerprint density at radius 1 is 1.08 bits per heavy atom. The van der Waals surface area contributed by atoms with E-state index >= 15 is 0 Å². The molecule has 0 radical (unpaired) electrons. The van der Waals surface area contributed by atoms with Crippen molar-refractivity contribution in [3.63, 3.8) is 0 Å². The van der Waals surface area contributed by atoms with Crippen LogP contribution >= 0.6 is 11.8 Å². The van der Waals surface area contributed by atoms with Gasteiger partial charge in [-0.25, -0.2) is 9.67 Å². The molecule has 1 saturated carbocycles. The van der Waals surface area contributed by atoms with Gasteiger partial charge in [0.05, 0.1) is 10.9 Å². The summed E-state index contributed by atoms with van der Waals surface area (Å²) < 4.78 is 1.93. The predicted octanol–water partition coefficient (Wildman–Crippen LogP) is 4.51. The lowest BCUT2D eigenvalue weighted by Crippen LogP contribution is -2.13. The molecule has 0 aliphatic heterocycles. The van der Waals surface area contributed by atoms with Crippen molar-refractivity contribution in [3.8, 4) is 5.69 Å². The number of hydrogen-bond acceptors (Lipinski definition) is 4. The van der Waals surface area contributed by atoms with Gasteiger partial charge in [0.25, 0.3) is 0 Å². The molecule has 0 spiro atoms. The van der Waals surface area contributed by atoms with Gasteiger partial charge in [-0.05, 0) is 31.9 Å². The molecule has 126 valence electrons. The Kier molecular flexibility index (Phi) is 4.40. The highest BCUT2D eigenvalue weighted by Crippen LogP contribution is 2.40. The fraction of sp³-hybridized carbons (Fsp3) is 0.250. The van der Waals surface area contributed by atoms with Gasteiger partial charge in [-0.1, -0.05) is 60.3 Å². The Bertz CT molecular complexity index is 872. The number of ketones is 1. The van der Waals surface area contributed by atoms with Gasteiger partial charge in [-0.3, -0.25) is 4.79 Å². The second-order valence-electron chi connectivity index (χ2n) is 6.26. The molecular formula is C20H19N3OS. The molecule has 3 aromatic rings. The maximum absolute atomic E-state index is 12.6. The van der Waals surface area contributed by atoms with E-state index in [0.717, 1.165) is 29.9 Å². The maximum Gasteiger partial charge on any atom is 0.209 e. The summed E-state index contributed by atoms with van der Waals surface area (Å²) in [5.41, 5.74) is 1.75. The molecule has 1 aliphatic carbocycles. The van der Waals surface area contributed by atoms with E-state index in [4.69, 9.17) is 4.98 Å². The van der Waals surface area contributed by atoms with Crippen LogP contribution in [0, 0.1) is 0 Å². The van der Waals surface area contributed by atoms with Gasteiger partial charge in [0.1, 0.15) is 5.82 Å². The van der Waals surface area contributed by atoms with Crippen molar-refractivity contribution in [1.29, 1.82) is 0 Å². The standard InChI is InChI=1S/C20H19N3OS/c1-14(18(24)15-8-4-2-5-9-15)25-20-21-19(16-12-13-16)23(22-20)17-10-6-3-7-11-17/h2-11,14,16H,12-13H2,1H3/t14-/m1/s1. The van der Waals surface area contributed by atoms with Crippen LogP contribution < -0.4 is 0 Å². The number of rotatable bonds is 6. The fourth-order valence-corrected chi connectivity index (χ4v) is 3.60. The van der Waals surface area contributed by atoms with Gasteiger partial charge in [-0.2, -0.15) is 0 Å². The third-order valence-electron chi connectivity index (χ3n) is 4.27. The normalized spacial score (nSPS) is 15.1. The highest BCUT2D eigenvalue weighted by Gasteiger charge is 2.31. The lowest BCUT2D eigenvalue weighted by Gasteiger charge is -2.07. The number of Topliss-reactive ketones (excluding diaryl/α,β-unsaturated/α-hetero) is 1. The minimum atomic E-state index is -0.221. The first-order valence-corrected chi connectivity index (χ1v) is 9.38. The lowest BCUT2D eigenvalue weighted by molar-refractivity contribution is 0.0994. The predicted molar refractivity (Wildman–Crippen MR) is 99.4 cm³/mol. The van der Waals surface area contributed by atoms with Gasteiger partial charge in [0, 0.05) is 11.5 Å². The van der Waals surface area contributed by atoms with Crippen LogP contribution in [0.4, 0.5) is 0 Å². The first kappa shape index (κ1) is 16.1. The average Bonchev–Trinajstić information content (AvgIpc) is 3.43. The molecule has 4 nitrogen and oxygen atoms in total. The van der Waals surface area contributed by atoms with Crippen molar-refractivity contribution >= 4 is 17.5 Å². The number of para-hydroxylation sites is 1. The second kappa shape index (κ2) is 6.84. The largest absolute Gasteiger partial charge is 0.293 e. The summed E-state index contributed by atoms with van der Waals surface area (Å²) in [6.45, 7) is 1.92. The summed E-state index contributed by atoms with van der Waals surface area (Å²) in [6.07, 6.45) is 2.32. The highest BCUT2D eigenvalue weighted by atomic mass is 32.2. The molecule has 0 bridgehead atoms. The molecule has 1 heterocycles. The van der Waals surface area contributed by atoms with E-state index in [1.165, 1.54) is 11.8 Å².